The summed E-state index contributed by atoms with van der Waals surface area (Å²) in [4.78, 5) is 40.7. The Balaban J connectivity index is 4.10. The molecule has 4 N–H and O–H groups in total. The van der Waals surface area contributed by atoms with Gasteiger partial charge in [0.15, 0.2) is 0 Å². The van der Waals surface area contributed by atoms with E-state index in [-0.39, 0.29) is 19.4 Å². The van der Waals surface area contributed by atoms with Crippen molar-refractivity contribution in [3.05, 3.63) is 0 Å². The van der Waals surface area contributed by atoms with Gasteiger partial charge in [-0.2, -0.15) is 0 Å². The van der Waals surface area contributed by atoms with E-state index in [9.17, 15) is 38.7 Å². The van der Waals surface area contributed by atoms with Gasteiger partial charge in [0.2, 0.25) is 0 Å². The van der Waals surface area contributed by atoms with Gasteiger partial charge in [-0.1, -0.05) is 13.8 Å². The molecule has 2 unspecified atom stereocenters. The second-order valence-electron chi connectivity index (χ2n) is 5.58. The summed E-state index contributed by atoms with van der Waals surface area (Å²) in [5.74, 6) is -1.10. The molecular weight excluding hydrogens is 454 g/mol. The third kappa shape index (κ3) is 15.9. The Morgan fingerprint density at radius 2 is 1.10 bits per heavy atom. The van der Waals surface area contributed by atoms with Crippen molar-refractivity contribution in [2.45, 2.75) is 38.9 Å². The highest BCUT2D eigenvalue weighted by molar-refractivity contribution is 7.47. The lowest BCUT2D eigenvalue weighted by molar-refractivity contribution is -0.147. The van der Waals surface area contributed by atoms with Crippen molar-refractivity contribution >= 4 is 27.6 Å². The molecule has 16 heteroatoms. The molecule has 0 aliphatic rings. The summed E-state index contributed by atoms with van der Waals surface area (Å²) < 4.78 is 50.3. The maximum absolute atomic E-state index is 11.6. The Morgan fingerprint density at radius 1 is 0.700 bits per heavy atom. The predicted octanol–water partition coefficient (Wildman–Crippen LogP) is -0.118. The average molecular weight is 482 g/mol. The zero-order valence-corrected chi connectivity index (χ0v) is 18.4. The predicted molar refractivity (Wildman–Crippen MR) is 98.0 cm³/mol. The summed E-state index contributed by atoms with van der Waals surface area (Å²) in [6.07, 6.45) is -2.77. The number of hydrogen-bond acceptors (Lipinski definition) is 12. The fraction of sp³-hybridized carbons (Fsp3) is 0.857. The van der Waals surface area contributed by atoms with Gasteiger partial charge in [-0.3, -0.25) is 27.7 Å². The van der Waals surface area contributed by atoms with Gasteiger partial charge in [0.1, 0.15) is 25.4 Å². The van der Waals surface area contributed by atoms with E-state index < -0.39 is 72.8 Å². The van der Waals surface area contributed by atoms with Crippen LogP contribution in [0.5, 0.6) is 0 Å². The lowest BCUT2D eigenvalue weighted by atomic mass is 10.4. The summed E-state index contributed by atoms with van der Waals surface area (Å²) in [6.45, 7) is -0.354. The number of carbonyl (C=O) groups is 2. The summed E-state index contributed by atoms with van der Waals surface area (Å²) in [6, 6.07) is 0. The Kier molecular flexibility index (Phi) is 14.5. The van der Waals surface area contributed by atoms with Crippen molar-refractivity contribution in [3.8, 4) is 0 Å². The van der Waals surface area contributed by atoms with E-state index in [2.05, 4.69) is 27.6 Å². The van der Waals surface area contributed by atoms with E-state index in [0.29, 0.717) is 0 Å². The average Bonchev–Trinajstić information content (AvgIpc) is 2.70. The van der Waals surface area contributed by atoms with Crippen molar-refractivity contribution in [1.82, 2.24) is 0 Å². The van der Waals surface area contributed by atoms with Crippen LogP contribution in [0, 0.1) is 0 Å². The molecule has 0 rings (SSSR count). The van der Waals surface area contributed by atoms with Crippen LogP contribution in [0.4, 0.5) is 0 Å². The molecule has 0 bridgehead atoms. The van der Waals surface area contributed by atoms with Gasteiger partial charge >= 0.3 is 27.6 Å². The molecule has 0 aromatic rings. The van der Waals surface area contributed by atoms with Crippen LogP contribution in [0.3, 0.4) is 0 Å². The first kappa shape index (κ1) is 29.1. The van der Waals surface area contributed by atoms with Gasteiger partial charge in [-0.15, -0.1) is 0 Å². The number of ether oxygens (including phenoxy) is 2. The minimum absolute atomic E-state index is 0.0905. The SMILES string of the molecule is CCC(=O)OCCOP(=O)(O)OC[C@@H](O)COP(=O)(O)OC[C@H](O)COC(=O)CC. The van der Waals surface area contributed by atoms with Gasteiger partial charge in [0, 0.05) is 12.8 Å². The van der Waals surface area contributed by atoms with Crippen molar-refractivity contribution in [2.24, 2.45) is 0 Å². The van der Waals surface area contributed by atoms with Crippen LogP contribution >= 0.6 is 15.6 Å². The Hall–Kier alpha value is -0.920. The normalized spacial score (nSPS) is 17.4. The van der Waals surface area contributed by atoms with E-state index in [1.807, 2.05) is 0 Å². The van der Waals surface area contributed by atoms with E-state index in [4.69, 9.17) is 0 Å². The quantitative estimate of drug-likeness (QED) is 0.121. The second-order valence-corrected chi connectivity index (χ2v) is 8.48. The monoisotopic (exact) mass is 482 g/mol. The molecule has 0 saturated carbocycles. The zero-order chi connectivity index (χ0) is 23.2. The lowest BCUT2D eigenvalue weighted by Crippen LogP contribution is -2.24. The molecule has 14 nitrogen and oxygen atoms in total. The van der Waals surface area contributed by atoms with Crippen LogP contribution in [-0.4, -0.2) is 83.8 Å². The van der Waals surface area contributed by atoms with E-state index in [1.54, 1.807) is 13.8 Å². The van der Waals surface area contributed by atoms with Crippen LogP contribution in [0.25, 0.3) is 0 Å². The Bertz CT molecular complexity index is 611. The number of hydrogen-bond donors (Lipinski definition) is 4. The fourth-order valence-corrected chi connectivity index (χ4v) is 2.95. The summed E-state index contributed by atoms with van der Waals surface area (Å²) >= 11 is 0. The third-order valence-electron chi connectivity index (χ3n) is 2.91. The number of phosphoric acid groups is 2. The second kappa shape index (κ2) is 15.0. The molecule has 30 heavy (non-hydrogen) atoms. The van der Waals surface area contributed by atoms with Crippen molar-refractivity contribution < 1.29 is 66.3 Å². The molecular formula is C14H28O14P2. The van der Waals surface area contributed by atoms with Crippen LogP contribution in [0.2, 0.25) is 0 Å². The number of aliphatic hydroxyl groups is 2. The number of esters is 2. The van der Waals surface area contributed by atoms with E-state index in [1.165, 1.54) is 0 Å². The largest absolute Gasteiger partial charge is 0.472 e. The van der Waals surface area contributed by atoms with Gasteiger partial charge in [-0.05, 0) is 0 Å². The highest BCUT2D eigenvalue weighted by Crippen LogP contribution is 2.44. The molecule has 0 heterocycles. The topological polar surface area (TPSA) is 205 Å². The number of phosphoric ester groups is 2. The minimum atomic E-state index is -4.68. The first-order valence-electron chi connectivity index (χ1n) is 8.81. The van der Waals surface area contributed by atoms with Gasteiger partial charge in [0.05, 0.1) is 26.4 Å². The van der Waals surface area contributed by atoms with E-state index in [0.717, 1.165) is 0 Å². The first-order chi connectivity index (χ1) is 13.9. The molecule has 4 atom stereocenters. The van der Waals surface area contributed by atoms with E-state index >= 15 is 0 Å². The Labute approximate surface area is 173 Å². The summed E-state index contributed by atoms with van der Waals surface area (Å²) in [5, 5.41) is 19.1. The van der Waals surface area contributed by atoms with Crippen LogP contribution < -0.4 is 0 Å². The first-order valence-corrected chi connectivity index (χ1v) is 11.8. The highest BCUT2D eigenvalue weighted by Gasteiger charge is 2.27. The third-order valence-corrected chi connectivity index (χ3v) is 4.84. The molecule has 0 aromatic carbocycles. The zero-order valence-electron chi connectivity index (χ0n) is 16.6. The molecule has 0 amide bonds. The maximum atomic E-state index is 11.6. The van der Waals surface area contributed by atoms with Crippen LogP contribution in [-0.2, 0) is 46.3 Å². The van der Waals surface area contributed by atoms with Crippen LogP contribution in [0.1, 0.15) is 26.7 Å². The molecule has 0 spiro atoms. The molecule has 0 aromatic heterocycles. The fourth-order valence-electron chi connectivity index (χ4n) is 1.41. The standard InChI is InChI=1S/C14H28O14P2/c1-3-13(17)23-5-6-25-29(19,20)26-9-12(16)10-28-30(21,22)27-8-11(15)7-24-14(18)4-2/h11-12,15-16H,3-10H2,1-2H3,(H,19,20)(H,21,22)/t11-,12-/m1/s1. The molecule has 178 valence electrons. The Morgan fingerprint density at radius 3 is 1.57 bits per heavy atom. The van der Waals surface area contributed by atoms with Gasteiger partial charge < -0.3 is 29.5 Å². The number of aliphatic hydroxyl groups excluding tert-OH is 2. The molecule has 0 fully saturated rings. The molecule has 0 radical (unpaired) electrons. The van der Waals surface area contributed by atoms with Gasteiger partial charge in [-0.25, -0.2) is 9.13 Å². The van der Waals surface area contributed by atoms with Crippen molar-refractivity contribution in [1.29, 1.82) is 0 Å². The number of rotatable bonds is 17. The van der Waals surface area contributed by atoms with Crippen LogP contribution in [0.15, 0.2) is 0 Å². The molecule has 0 aliphatic heterocycles. The molecule has 0 aliphatic carbocycles. The minimum Gasteiger partial charge on any atom is -0.463 e. The van der Waals surface area contributed by atoms with Crippen molar-refractivity contribution in [2.75, 3.05) is 39.6 Å². The van der Waals surface area contributed by atoms with Crippen molar-refractivity contribution in [3.63, 3.8) is 0 Å². The highest BCUT2D eigenvalue weighted by atomic mass is 31.2. The number of carbonyl (C=O) groups excluding carboxylic acids is 2. The summed E-state index contributed by atoms with van der Waals surface area (Å²) in [5.41, 5.74) is 0. The van der Waals surface area contributed by atoms with Gasteiger partial charge in [0.25, 0.3) is 0 Å². The molecule has 0 saturated heterocycles. The smallest absolute Gasteiger partial charge is 0.463 e. The summed E-state index contributed by atoms with van der Waals surface area (Å²) in [7, 11) is -9.25. The maximum Gasteiger partial charge on any atom is 0.472 e. The lowest BCUT2D eigenvalue weighted by Gasteiger charge is -2.18.